The third kappa shape index (κ3) is 15.6. The van der Waals surface area contributed by atoms with Crippen molar-refractivity contribution in [2.45, 2.75) is 67.7 Å². The number of carbonyl (C=O) groups is 1. The topological polar surface area (TPSA) is 40.9 Å². The Balaban J connectivity index is -0.000000376. The Kier molecular flexibility index (Phi) is 21.3. The van der Waals surface area contributed by atoms with Crippen molar-refractivity contribution in [3.05, 3.63) is 0 Å². The molecule has 0 aromatic carbocycles. The molecule has 0 saturated carbocycles. The van der Waals surface area contributed by atoms with Crippen LogP contribution in [0.1, 0.15) is 67.7 Å². The first-order valence-electron chi connectivity index (χ1n) is 6.51. The molecule has 2 nitrogen and oxygen atoms in total. The average Bonchev–Trinajstić information content (AvgIpc) is 2.32. The highest BCUT2D eigenvalue weighted by molar-refractivity contribution is 5.78. The van der Waals surface area contributed by atoms with Gasteiger partial charge in [-0.05, 0) is 12.3 Å². The molecule has 0 rings (SSSR count). The van der Waals surface area contributed by atoms with Crippen LogP contribution >= 0.6 is 0 Å². The van der Waals surface area contributed by atoms with Gasteiger partial charge in [0, 0.05) is 12.8 Å². The Labute approximate surface area is 102 Å². The lowest BCUT2D eigenvalue weighted by Crippen LogP contribution is -2.08. The number of hydrogen-bond acceptors (Lipinski definition) is 2. The fourth-order valence-electron chi connectivity index (χ4n) is 1.17. The molecule has 2 heteroatoms. The summed E-state index contributed by atoms with van der Waals surface area (Å²) < 4.78 is 0. The van der Waals surface area contributed by atoms with Crippen molar-refractivity contribution >= 4 is 5.78 Å². The fourth-order valence-corrected chi connectivity index (χ4v) is 1.17. The molecular weight excluding hydrogens is 198 g/mol. The second-order valence-electron chi connectivity index (χ2n) is 3.55. The van der Waals surface area contributed by atoms with Crippen LogP contribution < -0.4 is 0 Å². The van der Waals surface area contributed by atoms with E-state index < -0.39 is 0 Å². The second-order valence-corrected chi connectivity index (χ2v) is 3.55. The maximum Gasteiger partial charge on any atom is 0.133 e. The largest absolute Gasteiger partial charge is 0.300 e. The summed E-state index contributed by atoms with van der Waals surface area (Å²) in [5.41, 5.74) is 0. The average molecular weight is 227 g/mol. The fraction of sp³-hybridized carbons (Fsp3) is 0.857. The van der Waals surface area contributed by atoms with Crippen molar-refractivity contribution in [2.24, 2.45) is 11.8 Å². The van der Waals surface area contributed by atoms with E-state index >= 15 is 0 Å². The molecule has 0 N–H and O–H groups in total. The van der Waals surface area contributed by atoms with Gasteiger partial charge in [0.15, 0.2) is 0 Å². The van der Waals surface area contributed by atoms with E-state index in [0.717, 1.165) is 6.42 Å². The lowest BCUT2D eigenvalue weighted by Gasteiger charge is -2.09. The van der Waals surface area contributed by atoms with Crippen molar-refractivity contribution in [3.8, 4) is 6.07 Å². The van der Waals surface area contributed by atoms with Crippen LogP contribution in [-0.4, -0.2) is 5.78 Å². The van der Waals surface area contributed by atoms with Gasteiger partial charge in [-0.3, -0.25) is 4.79 Å². The van der Waals surface area contributed by atoms with Gasteiger partial charge in [-0.2, -0.15) is 5.26 Å². The Bertz CT molecular complexity index is 180. The SMILES string of the molecule is CC.CC.CCC(=O)CC(C#N)CC(C)C. The summed E-state index contributed by atoms with van der Waals surface area (Å²) in [6, 6.07) is 2.18. The number of Topliss-reactive ketones (excluding diaryl/α,β-unsaturated/α-hetero) is 1. The van der Waals surface area contributed by atoms with Gasteiger partial charge in [0.2, 0.25) is 0 Å². The molecule has 0 saturated heterocycles. The van der Waals surface area contributed by atoms with E-state index in [9.17, 15) is 4.79 Å². The van der Waals surface area contributed by atoms with Gasteiger partial charge in [-0.15, -0.1) is 0 Å². The molecule has 96 valence electrons. The van der Waals surface area contributed by atoms with Crippen LogP contribution in [-0.2, 0) is 4.79 Å². The molecule has 0 fully saturated rings. The highest BCUT2D eigenvalue weighted by Crippen LogP contribution is 2.15. The lowest BCUT2D eigenvalue weighted by molar-refractivity contribution is -0.119. The minimum absolute atomic E-state index is 0.0718. The van der Waals surface area contributed by atoms with Crippen molar-refractivity contribution in [1.29, 1.82) is 5.26 Å². The summed E-state index contributed by atoms with van der Waals surface area (Å²) in [4.78, 5) is 11.0. The van der Waals surface area contributed by atoms with Crippen LogP contribution in [0.4, 0.5) is 0 Å². The minimum Gasteiger partial charge on any atom is -0.300 e. The van der Waals surface area contributed by atoms with E-state index in [4.69, 9.17) is 5.26 Å². The first kappa shape index (κ1) is 20.6. The molecule has 0 heterocycles. The highest BCUT2D eigenvalue weighted by Gasteiger charge is 2.13. The van der Waals surface area contributed by atoms with Gasteiger partial charge in [0.1, 0.15) is 5.78 Å². The first-order chi connectivity index (χ1) is 7.60. The molecule has 1 atom stereocenters. The number of nitrogens with zero attached hydrogens (tertiary/aromatic N) is 1. The Morgan fingerprint density at radius 1 is 1.19 bits per heavy atom. The maximum absolute atomic E-state index is 11.0. The summed E-state index contributed by atoms with van der Waals surface area (Å²) in [7, 11) is 0. The van der Waals surface area contributed by atoms with E-state index in [1.54, 1.807) is 0 Å². The molecule has 0 aliphatic heterocycles. The van der Waals surface area contributed by atoms with Gasteiger partial charge in [-0.1, -0.05) is 48.5 Å². The molecule has 1 unspecified atom stereocenters. The van der Waals surface area contributed by atoms with Crippen molar-refractivity contribution < 1.29 is 4.79 Å². The van der Waals surface area contributed by atoms with Gasteiger partial charge in [-0.25, -0.2) is 0 Å². The van der Waals surface area contributed by atoms with Gasteiger partial charge >= 0.3 is 0 Å². The summed E-state index contributed by atoms with van der Waals surface area (Å²) in [5.74, 6) is 0.624. The minimum atomic E-state index is -0.0718. The maximum atomic E-state index is 11.0. The number of carbonyl (C=O) groups excluding carboxylic acids is 1. The van der Waals surface area contributed by atoms with Crippen LogP contribution in [0.2, 0.25) is 0 Å². The summed E-state index contributed by atoms with van der Waals surface area (Å²) in [6.07, 6.45) is 1.82. The Morgan fingerprint density at radius 3 is 1.88 bits per heavy atom. The first-order valence-corrected chi connectivity index (χ1v) is 6.51. The van der Waals surface area contributed by atoms with Crippen molar-refractivity contribution in [3.63, 3.8) is 0 Å². The molecule has 0 aliphatic rings. The van der Waals surface area contributed by atoms with Crippen LogP contribution in [0.25, 0.3) is 0 Å². The third-order valence-electron chi connectivity index (χ3n) is 1.81. The van der Waals surface area contributed by atoms with Crippen molar-refractivity contribution in [2.75, 3.05) is 0 Å². The number of hydrogen-bond donors (Lipinski definition) is 0. The predicted molar refractivity (Wildman–Crippen MR) is 71.2 cm³/mol. The Hall–Kier alpha value is -0.840. The van der Waals surface area contributed by atoms with Gasteiger partial charge < -0.3 is 0 Å². The summed E-state index contributed by atoms with van der Waals surface area (Å²) >= 11 is 0. The van der Waals surface area contributed by atoms with Crippen LogP contribution in [0.15, 0.2) is 0 Å². The molecule has 16 heavy (non-hydrogen) atoms. The number of rotatable bonds is 5. The van der Waals surface area contributed by atoms with Crippen molar-refractivity contribution in [1.82, 2.24) is 0 Å². The number of nitriles is 1. The van der Waals surface area contributed by atoms with Gasteiger partial charge in [0.05, 0.1) is 12.0 Å². The quantitative estimate of drug-likeness (QED) is 0.689. The van der Waals surface area contributed by atoms with E-state index in [1.807, 2.05) is 34.6 Å². The second kappa shape index (κ2) is 16.6. The molecule has 0 spiro atoms. The monoisotopic (exact) mass is 227 g/mol. The van der Waals surface area contributed by atoms with E-state index in [1.165, 1.54) is 0 Å². The predicted octanol–water partition coefficient (Wildman–Crippen LogP) is 4.59. The van der Waals surface area contributed by atoms with E-state index in [-0.39, 0.29) is 11.7 Å². The standard InChI is InChI=1S/C10H17NO.2C2H6/c1-4-10(12)6-9(7-11)5-8(2)3;2*1-2/h8-9H,4-6H2,1-3H3;2*1-2H3. The zero-order valence-electron chi connectivity index (χ0n) is 12.1. The molecule has 0 aromatic heterocycles. The van der Waals surface area contributed by atoms with Crippen LogP contribution in [0, 0.1) is 23.2 Å². The molecule has 0 aliphatic carbocycles. The molecule has 0 aromatic rings. The van der Waals surface area contributed by atoms with E-state index in [2.05, 4.69) is 19.9 Å². The summed E-state index contributed by atoms with van der Waals surface area (Å²) in [6.45, 7) is 14.0. The lowest BCUT2D eigenvalue weighted by atomic mass is 9.93. The third-order valence-corrected chi connectivity index (χ3v) is 1.81. The zero-order chi connectivity index (χ0) is 13.6. The molecule has 0 radical (unpaired) electrons. The smallest absolute Gasteiger partial charge is 0.133 e. The molecule has 0 amide bonds. The van der Waals surface area contributed by atoms with Crippen LogP contribution in [0.3, 0.4) is 0 Å². The Morgan fingerprint density at radius 2 is 1.62 bits per heavy atom. The number of ketones is 1. The molecular formula is C14H29NO. The van der Waals surface area contributed by atoms with E-state index in [0.29, 0.717) is 18.8 Å². The highest BCUT2D eigenvalue weighted by atomic mass is 16.1. The van der Waals surface area contributed by atoms with Crippen LogP contribution in [0.5, 0.6) is 0 Å². The van der Waals surface area contributed by atoms with Gasteiger partial charge in [0.25, 0.3) is 0 Å². The molecule has 0 bridgehead atoms. The summed E-state index contributed by atoms with van der Waals surface area (Å²) in [5, 5.41) is 8.72. The normalized spacial score (nSPS) is 10.2. The zero-order valence-corrected chi connectivity index (χ0v) is 12.1.